The van der Waals surface area contributed by atoms with Crippen LogP contribution in [0.2, 0.25) is 5.02 Å². The number of H-pyrrole nitrogens is 1. The second-order valence-corrected chi connectivity index (χ2v) is 9.51. The zero-order valence-electron chi connectivity index (χ0n) is 16.1. The van der Waals surface area contributed by atoms with Crippen molar-refractivity contribution in [3.8, 4) is 11.3 Å². The van der Waals surface area contributed by atoms with E-state index in [0.29, 0.717) is 31.2 Å². The van der Waals surface area contributed by atoms with E-state index < -0.39 is 10.2 Å². The first-order valence-corrected chi connectivity index (χ1v) is 10.7. The molecule has 1 amide bonds. The Morgan fingerprint density at radius 2 is 1.79 bits per heavy atom. The summed E-state index contributed by atoms with van der Waals surface area (Å²) in [6.45, 7) is 3.22. The molecule has 0 saturated carbocycles. The van der Waals surface area contributed by atoms with Crippen molar-refractivity contribution in [3.05, 3.63) is 40.5 Å². The first kappa shape index (κ1) is 20.8. The number of rotatable bonds is 5. The maximum atomic E-state index is 12.8. The molecule has 0 unspecified atom stereocenters. The van der Waals surface area contributed by atoms with Gasteiger partial charge < -0.3 is 4.90 Å². The number of carbonyl (C=O) groups excluding carboxylic acids is 1. The number of carbonyl (C=O) groups is 1. The largest absolute Gasteiger partial charge is 0.340 e. The van der Waals surface area contributed by atoms with Gasteiger partial charge in [-0.25, -0.2) is 0 Å². The van der Waals surface area contributed by atoms with Gasteiger partial charge >= 0.3 is 0 Å². The molecule has 0 atom stereocenters. The van der Waals surface area contributed by atoms with Crippen LogP contribution in [-0.2, 0) is 21.4 Å². The zero-order chi connectivity index (χ0) is 20.5. The minimum absolute atomic E-state index is 0.0402. The summed E-state index contributed by atoms with van der Waals surface area (Å²) in [6, 6.07) is 7.32. The minimum atomic E-state index is -3.45. The number of aromatic nitrogens is 2. The second-order valence-electron chi connectivity index (χ2n) is 6.93. The normalized spacial score (nSPS) is 16.0. The summed E-state index contributed by atoms with van der Waals surface area (Å²) in [6.07, 6.45) is 0.209. The van der Waals surface area contributed by atoms with E-state index in [0.717, 1.165) is 22.5 Å². The van der Waals surface area contributed by atoms with Crippen LogP contribution in [0.5, 0.6) is 0 Å². The molecular weight excluding hydrogens is 402 g/mol. The second kappa shape index (κ2) is 8.20. The topological polar surface area (TPSA) is 89.6 Å². The molecule has 0 spiro atoms. The number of aryl methyl sites for hydroxylation is 1. The molecular formula is C18H24ClN5O3S. The number of nitrogens with zero attached hydrogens (tertiary/aromatic N) is 4. The Morgan fingerprint density at radius 3 is 2.36 bits per heavy atom. The van der Waals surface area contributed by atoms with Crippen molar-refractivity contribution in [3.63, 3.8) is 0 Å². The van der Waals surface area contributed by atoms with Crippen molar-refractivity contribution in [2.24, 2.45) is 0 Å². The molecule has 1 aliphatic rings. The quantitative estimate of drug-likeness (QED) is 0.786. The molecule has 28 heavy (non-hydrogen) atoms. The lowest BCUT2D eigenvalue weighted by Crippen LogP contribution is -2.53. The van der Waals surface area contributed by atoms with Crippen LogP contribution in [0.3, 0.4) is 0 Å². The highest BCUT2D eigenvalue weighted by Gasteiger charge is 2.30. The molecule has 1 N–H and O–H groups in total. The van der Waals surface area contributed by atoms with Crippen LogP contribution < -0.4 is 0 Å². The fourth-order valence-corrected chi connectivity index (χ4v) is 4.39. The highest BCUT2D eigenvalue weighted by atomic mass is 35.5. The summed E-state index contributed by atoms with van der Waals surface area (Å²) in [7, 11) is -0.436. The molecule has 8 nitrogen and oxygen atoms in total. The van der Waals surface area contributed by atoms with Gasteiger partial charge in [-0.2, -0.15) is 22.1 Å². The van der Waals surface area contributed by atoms with E-state index in [1.165, 1.54) is 22.7 Å². The maximum absolute atomic E-state index is 12.8. The van der Waals surface area contributed by atoms with E-state index in [2.05, 4.69) is 10.2 Å². The van der Waals surface area contributed by atoms with Gasteiger partial charge in [0.2, 0.25) is 5.91 Å². The van der Waals surface area contributed by atoms with Gasteiger partial charge in [-0.3, -0.25) is 9.89 Å². The third-order valence-corrected chi connectivity index (χ3v) is 7.09. The van der Waals surface area contributed by atoms with Crippen molar-refractivity contribution < 1.29 is 13.2 Å². The van der Waals surface area contributed by atoms with Crippen LogP contribution in [0.4, 0.5) is 0 Å². The van der Waals surface area contributed by atoms with Gasteiger partial charge in [0, 0.05) is 62.1 Å². The van der Waals surface area contributed by atoms with Gasteiger partial charge in [0.1, 0.15) is 0 Å². The highest BCUT2D eigenvalue weighted by molar-refractivity contribution is 7.86. The summed E-state index contributed by atoms with van der Waals surface area (Å²) in [4.78, 5) is 14.5. The average Bonchev–Trinajstić information content (AvgIpc) is 3.03. The summed E-state index contributed by atoms with van der Waals surface area (Å²) >= 11 is 5.95. The molecule has 1 aromatic heterocycles. The van der Waals surface area contributed by atoms with E-state index in [1.807, 2.05) is 19.1 Å². The number of piperazine rings is 1. The number of nitrogens with one attached hydrogen (secondary N) is 1. The lowest BCUT2D eigenvalue weighted by molar-refractivity contribution is -0.131. The fourth-order valence-electron chi connectivity index (χ4n) is 3.18. The summed E-state index contributed by atoms with van der Waals surface area (Å²) < 4.78 is 27.0. The monoisotopic (exact) mass is 425 g/mol. The van der Waals surface area contributed by atoms with Gasteiger partial charge in [0.05, 0.1) is 12.1 Å². The summed E-state index contributed by atoms with van der Waals surface area (Å²) in [5.41, 5.74) is 3.30. The number of aromatic amines is 1. The Hall–Kier alpha value is -1.94. The van der Waals surface area contributed by atoms with E-state index in [9.17, 15) is 13.2 Å². The predicted octanol–water partition coefficient (Wildman–Crippen LogP) is 1.53. The molecule has 0 aliphatic carbocycles. The number of benzene rings is 1. The molecule has 2 aromatic rings. The number of hydrogen-bond donors (Lipinski definition) is 1. The maximum Gasteiger partial charge on any atom is 0.281 e. The third-order valence-electron chi connectivity index (χ3n) is 4.90. The Labute approximate surface area is 170 Å². The molecule has 2 heterocycles. The van der Waals surface area contributed by atoms with Crippen molar-refractivity contribution in [2.45, 2.75) is 13.3 Å². The van der Waals surface area contributed by atoms with E-state index in [4.69, 9.17) is 11.6 Å². The van der Waals surface area contributed by atoms with Gasteiger partial charge in [-0.15, -0.1) is 0 Å². The average molecular weight is 426 g/mol. The zero-order valence-corrected chi connectivity index (χ0v) is 17.7. The van der Waals surface area contributed by atoms with Crippen LogP contribution in [0.15, 0.2) is 24.3 Å². The van der Waals surface area contributed by atoms with E-state index in [-0.39, 0.29) is 12.3 Å². The van der Waals surface area contributed by atoms with Crippen molar-refractivity contribution in [1.29, 1.82) is 0 Å². The molecule has 3 rings (SSSR count). The Morgan fingerprint density at radius 1 is 1.18 bits per heavy atom. The molecule has 152 valence electrons. The first-order valence-electron chi connectivity index (χ1n) is 8.95. The van der Waals surface area contributed by atoms with Gasteiger partial charge in [0.25, 0.3) is 10.2 Å². The summed E-state index contributed by atoms with van der Waals surface area (Å²) in [5, 5.41) is 7.94. The van der Waals surface area contributed by atoms with Crippen molar-refractivity contribution in [2.75, 3.05) is 40.3 Å². The van der Waals surface area contributed by atoms with Crippen LogP contribution >= 0.6 is 11.6 Å². The molecule has 1 fully saturated rings. The molecule has 10 heteroatoms. The van der Waals surface area contributed by atoms with E-state index >= 15 is 0 Å². The number of amides is 1. The van der Waals surface area contributed by atoms with Gasteiger partial charge in [0.15, 0.2) is 0 Å². The Balaban J connectivity index is 1.70. The fraction of sp³-hybridized carbons (Fsp3) is 0.444. The van der Waals surface area contributed by atoms with Crippen LogP contribution in [0.25, 0.3) is 11.3 Å². The smallest absolute Gasteiger partial charge is 0.281 e. The van der Waals surface area contributed by atoms with E-state index in [1.54, 1.807) is 17.0 Å². The molecule has 0 radical (unpaired) electrons. The van der Waals surface area contributed by atoms with Crippen LogP contribution in [0, 0.1) is 6.92 Å². The summed E-state index contributed by atoms with van der Waals surface area (Å²) in [5.74, 6) is -0.0402. The minimum Gasteiger partial charge on any atom is -0.340 e. The van der Waals surface area contributed by atoms with Crippen molar-refractivity contribution in [1.82, 2.24) is 23.7 Å². The highest BCUT2D eigenvalue weighted by Crippen LogP contribution is 2.26. The lowest BCUT2D eigenvalue weighted by atomic mass is 10.0. The SMILES string of the molecule is Cc1[nH]nc(-c2ccc(Cl)cc2)c1CC(=O)N1CCN(S(=O)(=O)N(C)C)CC1. The van der Waals surface area contributed by atoms with Crippen molar-refractivity contribution >= 4 is 27.7 Å². The van der Waals surface area contributed by atoms with Gasteiger partial charge in [-0.1, -0.05) is 23.7 Å². The first-order chi connectivity index (χ1) is 13.2. The predicted molar refractivity (Wildman–Crippen MR) is 108 cm³/mol. The Bertz CT molecular complexity index is 948. The molecule has 1 aliphatic heterocycles. The standard InChI is InChI=1S/C18H24ClN5O3S/c1-13-16(18(21-20-13)14-4-6-15(19)7-5-14)12-17(25)23-8-10-24(11-9-23)28(26,27)22(2)3/h4-7H,8-12H2,1-3H3,(H,20,21). The molecule has 1 aromatic carbocycles. The van der Waals surface area contributed by atoms with Crippen LogP contribution in [-0.4, -0.2) is 78.3 Å². The lowest BCUT2D eigenvalue weighted by Gasteiger charge is -2.35. The number of halogens is 1. The molecule has 1 saturated heterocycles. The van der Waals surface area contributed by atoms with Gasteiger partial charge in [-0.05, 0) is 19.1 Å². The Kier molecular flexibility index (Phi) is 6.09. The molecule has 0 bridgehead atoms. The third kappa shape index (κ3) is 4.22. The van der Waals surface area contributed by atoms with Crippen LogP contribution in [0.1, 0.15) is 11.3 Å². The number of hydrogen-bond acceptors (Lipinski definition) is 4.